The molecular formula is C12H17AlNO. The van der Waals surface area contributed by atoms with E-state index >= 15 is 0 Å². The summed E-state index contributed by atoms with van der Waals surface area (Å²) in [6.07, 6.45) is 3.23. The minimum atomic E-state index is -0.0273. The fraction of sp³-hybridized carbons (Fsp3) is 0.250. The van der Waals surface area contributed by atoms with Gasteiger partial charge >= 0.3 is 0 Å². The van der Waals surface area contributed by atoms with E-state index in [0.717, 1.165) is 20.8 Å². The predicted molar refractivity (Wildman–Crippen MR) is 68.1 cm³/mol. The molecule has 0 amide bonds. The summed E-state index contributed by atoms with van der Waals surface area (Å²) in [7, 11) is 0. The molecule has 1 radical (unpaired) electrons. The lowest BCUT2D eigenvalue weighted by molar-refractivity contribution is 0.510. The number of aromatic nitrogens is 1. The number of hydrogen-bond donors (Lipinski definition) is 1. The monoisotopic (exact) mass is 218 g/mol. The lowest BCUT2D eigenvalue weighted by atomic mass is 10.2. The van der Waals surface area contributed by atoms with E-state index in [1.54, 1.807) is 18.3 Å². The average Bonchev–Trinajstić information content (AvgIpc) is 2.29. The fourth-order valence-corrected chi connectivity index (χ4v) is 0.824. The number of aliphatic hydroxyl groups excluding tert-OH is 1. The maximum atomic E-state index is 9.03. The first-order valence-electron chi connectivity index (χ1n) is 4.90. The second-order valence-electron chi connectivity index (χ2n) is 2.91. The Morgan fingerprint density at radius 2 is 2.27 bits per heavy atom. The van der Waals surface area contributed by atoms with Crippen LogP contribution in [0.1, 0.15) is 18.2 Å². The van der Waals surface area contributed by atoms with Gasteiger partial charge in [-0.1, -0.05) is 32.2 Å². The van der Waals surface area contributed by atoms with Gasteiger partial charge in [0, 0.05) is 11.8 Å². The van der Waals surface area contributed by atoms with Gasteiger partial charge in [0.05, 0.1) is 0 Å². The predicted octanol–water partition coefficient (Wildman–Crippen LogP) is 3.43. The SMILES string of the molecule is C=Cc1cccnc1C(=C)O.C[CH2][Al][CH3]. The van der Waals surface area contributed by atoms with Crippen LogP contribution >= 0.6 is 0 Å². The third-order valence-corrected chi connectivity index (χ3v) is 2.56. The largest absolute Gasteiger partial charge is 0.506 e. The van der Waals surface area contributed by atoms with Gasteiger partial charge in [0.25, 0.3) is 0 Å². The van der Waals surface area contributed by atoms with E-state index in [9.17, 15) is 0 Å². The van der Waals surface area contributed by atoms with Gasteiger partial charge in [-0.15, -0.1) is 11.1 Å². The van der Waals surface area contributed by atoms with Gasteiger partial charge in [0.15, 0.2) is 15.2 Å². The van der Waals surface area contributed by atoms with Crippen molar-refractivity contribution in [3.05, 3.63) is 42.7 Å². The number of rotatable bonds is 3. The van der Waals surface area contributed by atoms with E-state index in [1.807, 2.05) is 6.07 Å². The van der Waals surface area contributed by atoms with Crippen molar-refractivity contribution in [1.29, 1.82) is 0 Å². The van der Waals surface area contributed by atoms with Gasteiger partial charge in [-0.05, 0) is 6.07 Å². The zero-order chi connectivity index (χ0) is 11.7. The zero-order valence-corrected chi connectivity index (χ0v) is 10.6. The van der Waals surface area contributed by atoms with Crippen LogP contribution in [0.4, 0.5) is 0 Å². The smallest absolute Gasteiger partial charge is 0.195 e. The van der Waals surface area contributed by atoms with Crippen LogP contribution in [0.5, 0.6) is 0 Å². The minimum Gasteiger partial charge on any atom is -0.506 e. The van der Waals surface area contributed by atoms with E-state index < -0.39 is 0 Å². The molecule has 0 aliphatic heterocycles. The molecule has 1 aromatic rings. The van der Waals surface area contributed by atoms with Crippen LogP contribution in [0.15, 0.2) is 31.5 Å². The van der Waals surface area contributed by atoms with Gasteiger partial charge < -0.3 is 5.11 Å². The lowest BCUT2D eigenvalue weighted by Gasteiger charge is -2.00. The van der Waals surface area contributed by atoms with Crippen molar-refractivity contribution in [3.63, 3.8) is 0 Å². The van der Waals surface area contributed by atoms with Crippen LogP contribution < -0.4 is 0 Å². The molecule has 1 aromatic heterocycles. The maximum Gasteiger partial charge on any atom is 0.195 e. The Labute approximate surface area is 98.1 Å². The topological polar surface area (TPSA) is 33.1 Å². The van der Waals surface area contributed by atoms with Crippen molar-refractivity contribution in [2.45, 2.75) is 18.0 Å². The molecule has 0 saturated heterocycles. The molecule has 15 heavy (non-hydrogen) atoms. The van der Waals surface area contributed by atoms with Gasteiger partial charge in [-0.3, -0.25) is 4.98 Å². The quantitative estimate of drug-likeness (QED) is 0.622. The van der Waals surface area contributed by atoms with E-state index in [2.05, 4.69) is 30.9 Å². The first kappa shape index (κ1) is 14.0. The maximum absolute atomic E-state index is 9.03. The van der Waals surface area contributed by atoms with E-state index in [4.69, 9.17) is 5.11 Å². The van der Waals surface area contributed by atoms with Gasteiger partial charge in [0.2, 0.25) is 0 Å². The normalized spacial score (nSPS) is 8.40. The molecule has 0 saturated carbocycles. The van der Waals surface area contributed by atoms with E-state index in [1.165, 1.54) is 5.28 Å². The summed E-state index contributed by atoms with van der Waals surface area (Å²) in [4.78, 5) is 3.93. The summed E-state index contributed by atoms with van der Waals surface area (Å²) >= 11 is 0.782. The van der Waals surface area contributed by atoms with Crippen molar-refractivity contribution in [2.24, 2.45) is 0 Å². The van der Waals surface area contributed by atoms with Crippen molar-refractivity contribution < 1.29 is 5.11 Å². The Hall–Kier alpha value is -1.04. The van der Waals surface area contributed by atoms with Crippen molar-refractivity contribution in [3.8, 4) is 0 Å². The molecule has 0 spiro atoms. The van der Waals surface area contributed by atoms with Gasteiger partial charge in [0.1, 0.15) is 11.5 Å². The molecule has 1 heterocycles. The highest BCUT2D eigenvalue weighted by molar-refractivity contribution is 6.33. The third-order valence-electron chi connectivity index (χ3n) is 1.74. The molecule has 1 N–H and O–H groups in total. The summed E-state index contributed by atoms with van der Waals surface area (Å²) in [6, 6.07) is 3.60. The van der Waals surface area contributed by atoms with Crippen LogP contribution in [0.25, 0.3) is 11.8 Å². The molecule has 3 heteroatoms. The Morgan fingerprint density at radius 1 is 1.67 bits per heavy atom. The molecular weight excluding hydrogens is 201 g/mol. The van der Waals surface area contributed by atoms with E-state index in [0.29, 0.717) is 5.69 Å². The second-order valence-corrected chi connectivity index (χ2v) is 4.54. The van der Waals surface area contributed by atoms with Crippen LogP contribution in [0.2, 0.25) is 11.1 Å². The Bertz CT molecular complexity index is 321. The molecule has 1 rings (SSSR count). The Morgan fingerprint density at radius 3 is 2.60 bits per heavy atom. The number of nitrogens with zero attached hydrogens (tertiary/aromatic N) is 1. The first-order valence-corrected chi connectivity index (χ1v) is 6.88. The number of pyridine rings is 1. The van der Waals surface area contributed by atoms with Crippen LogP contribution in [-0.2, 0) is 0 Å². The van der Waals surface area contributed by atoms with E-state index in [-0.39, 0.29) is 5.76 Å². The van der Waals surface area contributed by atoms with Gasteiger partial charge in [-0.2, -0.15) is 0 Å². The molecule has 0 unspecified atom stereocenters. The Kier molecular flexibility index (Phi) is 7.71. The molecule has 79 valence electrons. The zero-order valence-electron chi connectivity index (χ0n) is 9.40. The molecule has 0 bridgehead atoms. The van der Waals surface area contributed by atoms with Gasteiger partial charge in [-0.25, -0.2) is 0 Å². The first-order chi connectivity index (χ1) is 7.17. The summed E-state index contributed by atoms with van der Waals surface area (Å²) in [5.41, 5.74) is 1.28. The van der Waals surface area contributed by atoms with Crippen molar-refractivity contribution in [1.82, 2.24) is 4.98 Å². The third kappa shape index (κ3) is 5.41. The second kappa shape index (κ2) is 8.29. The molecule has 2 nitrogen and oxygen atoms in total. The Balaban J connectivity index is 0.000000423. The molecule has 0 fully saturated rings. The molecule has 0 atom stereocenters. The van der Waals surface area contributed by atoms with Crippen molar-refractivity contribution in [2.75, 3.05) is 0 Å². The molecule has 0 aliphatic rings. The summed E-state index contributed by atoms with van der Waals surface area (Å²) < 4.78 is 0. The molecule has 0 aliphatic carbocycles. The standard InChI is InChI=1S/C9H9NO.C2H5.CH3.Al/c1-3-8-5-4-6-10-9(8)7(2)11;1-2;;/h3-6,11H,1-2H2;1H2,2H3;1H3;. The average molecular weight is 218 g/mol. The van der Waals surface area contributed by atoms with Crippen LogP contribution in [0.3, 0.4) is 0 Å². The summed E-state index contributed by atoms with van der Waals surface area (Å²) in [5.74, 6) is 2.24. The number of hydrogen-bond acceptors (Lipinski definition) is 2. The highest BCUT2D eigenvalue weighted by Crippen LogP contribution is 2.12. The van der Waals surface area contributed by atoms with Crippen LogP contribution in [-0.4, -0.2) is 25.3 Å². The lowest BCUT2D eigenvalue weighted by Crippen LogP contribution is -1.89. The molecule has 0 aromatic carbocycles. The minimum absolute atomic E-state index is 0.0273. The number of aliphatic hydroxyl groups is 1. The summed E-state index contributed by atoms with van der Waals surface area (Å²) in [5, 5.41) is 10.4. The van der Waals surface area contributed by atoms with Crippen molar-refractivity contribution >= 4 is 27.1 Å². The summed E-state index contributed by atoms with van der Waals surface area (Å²) in [6.45, 7) is 9.18. The fourth-order valence-electron chi connectivity index (χ4n) is 0.824. The van der Waals surface area contributed by atoms with Crippen LogP contribution in [0, 0.1) is 0 Å². The highest BCUT2D eigenvalue weighted by atomic mass is 27.1. The highest BCUT2D eigenvalue weighted by Gasteiger charge is 2.00.